The summed E-state index contributed by atoms with van der Waals surface area (Å²) >= 11 is 0. The van der Waals surface area contributed by atoms with Crippen molar-refractivity contribution in [3.05, 3.63) is 59.7 Å². The van der Waals surface area contributed by atoms with Crippen LogP contribution in [0.15, 0.2) is 48.5 Å². The monoisotopic (exact) mass is 539 g/mol. The summed E-state index contributed by atoms with van der Waals surface area (Å²) in [6, 6.07) is 16.5. The van der Waals surface area contributed by atoms with Crippen molar-refractivity contribution in [1.82, 2.24) is 0 Å². The minimum Gasteiger partial charge on any atom is -0.497 e. The highest BCUT2D eigenvalue weighted by Gasteiger charge is 2.51. The second-order valence-corrected chi connectivity index (χ2v) is 12.5. The number of ether oxygens (including phenoxy) is 6. The Kier molecular flexibility index (Phi) is 4.40. The quantitative estimate of drug-likeness (QED) is 0.250. The predicted octanol–water partition coefficient (Wildman–Crippen LogP) is 6.11. The zero-order valence-electron chi connectivity index (χ0n) is 22.5. The lowest BCUT2D eigenvalue weighted by atomic mass is 9.73. The molecule has 4 aliphatic heterocycles. The molecule has 8 rings (SSSR count). The summed E-state index contributed by atoms with van der Waals surface area (Å²) < 4.78 is 36.4. The number of hydrogen-bond acceptors (Lipinski definition) is 7. The highest BCUT2D eigenvalue weighted by atomic mass is 31.1. The standard InChI is InChI=1S/C31H26NO6P/c1-31(2)17-11-15(33-3)7-8-19(17)32-20-9-10-21(35-5)26-28(20)39-29-23(37-26)12-16(34-4)13-24(29)38-27-22(36-6)14-18(31)25(32)30(27)39/h7-14H,1-6H3. The van der Waals surface area contributed by atoms with Crippen molar-refractivity contribution in [3.8, 4) is 46.0 Å². The van der Waals surface area contributed by atoms with E-state index in [4.69, 9.17) is 28.4 Å². The van der Waals surface area contributed by atoms with E-state index in [0.717, 1.165) is 61.7 Å². The third-order valence-corrected chi connectivity index (χ3v) is 10.9. The third kappa shape index (κ3) is 2.66. The number of fused-ring (bicyclic) bond motifs is 3. The molecule has 196 valence electrons. The van der Waals surface area contributed by atoms with Crippen LogP contribution in [0.1, 0.15) is 25.0 Å². The maximum atomic E-state index is 6.69. The number of anilines is 3. The molecule has 0 spiro atoms. The van der Waals surface area contributed by atoms with E-state index in [1.165, 1.54) is 11.1 Å². The molecule has 0 aromatic heterocycles. The molecule has 4 aromatic rings. The molecular weight excluding hydrogens is 513 g/mol. The number of nitrogens with zero attached hydrogens (tertiary/aromatic N) is 1. The zero-order chi connectivity index (χ0) is 26.8. The molecule has 0 saturated heterocycles. The average Bonchev–Trinajstić information content (AvgIpc) is 2.96. The van der Waals surface area contributed by atoms with Crippen LogP contribution < -0.4 is 49.2 Å². The van der Waals surface area contributed by atoms with Crippen LogP contribution in [0.3, 0.4) is 0 Å². The Bertz CT molecular complexity index is 1750. The van der Waals surface area contributed by atoms with Crippen LogP contribution in [-0.4, -0.2) is 28.4 Å². The molecule has 7 nitrogen and oxygen atoms in total. The molecule has 0 N–H and O–H groups in total. The number of methoxy groups -OCH3 is 4. The van der Waals surface area contributed by atoms with Gasteiger partial charge in [-0.3, -0.25) is 0 Å². The van der Waals surface area contributed by atoms with Gasteiger partial charge in [0.15, 0.2) is 23.0 Å². The van der Waals surface area contributed by atoms with Gasteiger partial charge in [-0.2, -0.15) is 0 Å². The molecule has 0 amide bonds. The van der Waals surface area contributed by atoms with E-state index in [9.17, 15) is 0 Å². The Morgan fingerprint density at radius 2 is 1.31 bits per heavy atom. The first kappa shape index (κ1) is 22.9. The lowest BCUT2D eigenvalue weighted by Crippen LogP contribution is -2.44. The SMILES string of the molecule is COc1cc2c3c(c1)Oc1c(OC)cc4c5c1P3c1c(ccc(OC)c1O2)N5c1ccc(OC)cc1C4(C)C. The van der Waals surface area contributed by atoms with E-state index in [1.54, 1.807) is 28.4 Å². The van der Waals surface area contributed by atoms with Gasteiger partial charge >= 0.3 is 0 Å². The van der Waals surface area contributed by atoms with Crippen molar-refractivity contribution < 1.29 is 28.4 Å². The Labute approximate surface area is 227 Å². The van der Waals surface area contributed by atoms with Gasteiger partial charge in [-0.1, -0.05) is 13.8 Å². The molecule has 4 aliphatic rings. The number of rotatable bonds is 4. The van der Waals surface area contributed by atoms with Crippen LogP contribution in [0.4, 0.5) is 17.1 Å². The van der Waals surface area contributed by atoms with Crippen LogP contribution >= 0.6 is 7.92 Å². The van der Waals surface area contributed by atoms with Gasteiger partial charge in [0.1, 0.15) is 23.0 Å². The van der Waals surface area contributed by atoms with Gasteiger partial charge in [-0.05, 0) is 47.5 Å². The van der Waals surface area contributed by atoms with E-state index < -0.39 is 7.92 Å². The van der Waals surface area contributed by atoms with Crippen molar-refractivity contribution >= 4 is 40.9 Å². The van der Waals surface area contributed by atoms with Crippen molar-refractivity contribution in [3.63, 3.8) is 0 Å². The van der Waals surface area contributed by atoms with E-state index in [2.05, 4.69) is 43.0 Å². The highest BCUT2D eigenvalue weighted by molar-refractivity contribution is 7.81. The lowest BCUT2D eigenvalue weighted by molar-refractivity contribution is 0.368. The summed E-state index contributed by atoms with van der Waals surface area (Å²) in [6.45, 7) is 4.53. The maximum absolute atomic E-state index is 6.69. The van der Waals surface area contributed by atoms with E-state index in [1.807, 2.05) is 24.3 Å². The summed E-state index contributed by atoms with van der Waals surface area (Å²) in [5.74, 6) is 5.83. The van der Waals surface area contributed by atoms with Gasteiger partial charge in [0, 0.05) is 25.5 Å². The fourth-order valence-corrected chi connectivity index (χ4v) is 9.32. The fraction of sp³-hybridized carbons (Fsp3) is 0.226. The second-order valence-electron chi connectivity index (χ2n) is 10.5. The lowest BCUT2D eigenvalue weighted by Gasteiger charge is -2.50. The molecule has 8 heteroatoms. The molecular formula is C31H26NO6P. The van der Waals surface area contributed by atoms with Crippen LogP contribution in [0.25, 0.3) is 0 Å². The maximum Gasteiger partial charge on any atom is 0.179 e. The normalized spacial score (nSPS) is 17.3. The van der Waals surface area contributed by atoms with Gasteiger partial charge < -0.3 is 33.3 Å². The molecule has 0 aliphatic carbocycles. The molecule has 4 aromatic carbocycles. The smallest absolute Gasteiger partial charge is 0.179 e. The van der Waals surface area contributed by atoms with Gasteiger partial charge in [-0.25, -0.2) is 0 Å². The molecule has 0 bridgehead atoms. The Balaban J connectivity index is 1.55. The summed E-state index contributed by atoms with van der Waals surface area (Å²) in [4.78, 5) is 2.36. The molecule has 39 heavy (non-hydrogen) atoms. The van der Waals surface area contributed by atoms with Crippen molar-refractivity contribution in [1.29, 1.82) is 0 Å². The fourth-order valence-electron chi connectivity index (χ4n) is 6.44. The largest absolute Gasteiger partial charge is 0.497 e. The summed E-state index contributed by atoms with van der Waals surface area (Å²) in [5, 5.41) is 3.30. The second kappa shape index (κ2) is 7.51. The predicted molar refractivity (Wildman–Crippen MR) is 152 cm³/mol. The van der Waals surface area contributed by atoms with Crippen molar-refractivity contribution in [2.45, 2.75) is 19.3 Å². The Morgan fingerprint density at radius 1 is 0.641 bits per heavy atom. The summed E-state index contributed by atoms with van der Waals surface area (Å²) in [6.07, 6.45) is 0. The summed E-state index contributed by atoms with van der Waals surface area (Å²) in [7, 11) is 5.69. The Morgan fingerprint density at radius 3 is 1.97 bits per heavy atom. The molecule has 1 unspecified atom stereocenters. The Hall–Kier alpha value is -4.09. The van der Waals surface area contributed by atoms with Crippen LogP contribution in [0.2, 0.25) is 0 Å². The van der Waals surface area contributed by atoms with Crippen LogP contribution in [0, 0.1) is 0 Å². The van der Waals surface area contributed by atoms with Gasteiger partial charge in [0.25, 0.3) is 0 Å². The topological polar surface area (TPSA) is 58.6 Å². The first-order valence-electron chi connectivity index (χ1n) is 12.7. The number of hydrogen-bond donors (Lipinski definition) is 0. The summed E-state index contributed by atoms with van der Waals surface area (Å²) in [5.41, 5.74) is 5.36. The van der Waals surface area contributed by atoms with Crippen LogP contribution in [-0.2, 0) is 5.41 Å². The minimum absolute atomic E-state index is 0.324. The van der Waals surface area contributed by atoms with Crippen molar-refractivity contribution in [2.75, 3.05) is 33.3 Å². The highest BCUT2D eigenvalue weighted by Crippen LogP contribution is 2.66. The van der Waals surface area contributed by atoms with E-state index in [-0.39, 0.29) is 5.41 Å². The van der Waals surface area contributed by atoms with E-state index in [0.29, 0.717) is 17.2 Å². The molecule has 0 saturated carbocycles. The van der Waals surface area contributed by atoms with E-state index >= 15 is 0 Å². The third-order valence-electron chi connectivity index (χ3n) is 8.31. The first-order valence-corrected chi connectivity index (χ1v) is 14.1. The zero-order valence-corrected chi connectivity index (χ0v) is 23.4. The molecule has 0 radical (unpaired) electrons. The minimum atomic E-state index is -1.05. The first-order chi connectivity index (χ1) is 18.9. The van der Waals surface area contributed by atoms with Gasteiger partial charge in [0.2, 0.25) is 0 Å². The molecule has 4 heterocycles. The molecule has 1 atom stereocenters. The average molecular weight is 540 g/mol. The van der Waals surface area contributed by atoms with Gasteiger partial charge in [0.05, 0.1) is 61.4 Å². The molecule has 0 fully saturated rings. The van der Waals surface area contributed by atoms with Crippen LogP contribution in [0.5, 0.6) is 46.0 Å². The number of benzene rings is 4. The van der Waals surface area contributed by atoms with Crippen molar-refractivity contribution in [2.24, 2.45) is 0 Å². The van der Waals surface area contributed by atoms with Gasteiger partial charge in [-0.15, -0.1) is 0 Å².